The van der Waals surface area contributed by atoms with Crippen LogP contribution in [0.2, 0.25) is 0 Å². The van der Waals surface area contributed by atoms with Crippen molar-refractivity contribution < 1.29 is 14.3 Å². The number of amides is 3. The molecule has 0 aliphatic carbocycles. The Kier molecular flexibility index (Phi) is 6.40. The molecule has 0 bridgehead atoms. The van der Waals surface area contributed by atoms with Gasteiger partial charge in [0.05, 0.1) is 13.2 Å². The molecule has 1 aliphatic heterocycles. The van der Waals surface area contributed by atoms with Gasteiger partial charge < -0.3 is 9.64 Å². The molecule has 7 nitrogen and oxygen atoms in total. The van der Waals surface area contributed by atoms with Crippen molar-refractivity contribution in [1.29, 1.82) is 0 Å². The van der Waals surface area contributed by atoms with Gasteiger partial charge in [0.1, 0.15) is 0 Å². The van der Waals surface area contributed by atoms with Gasteiger partial charge in [-0.05, 0) is 36.2 Å². The Bertz CT molecular complexity index is 759. The second kappa shape index (κ2) is 9.16. The number of morpholine rings is 1. The predicted molar refractivity (Wildman–Crippen MR) is 103 cm³/mol. The number of urea groups is 1. The third kappa shape index (κ3) is 4.84. The van der Waals surface area contributed by atoms with Crippen molar-refractivity contribution in [2.24, 2.45) is 5.84 Å². The van der Waals surface area contributed by atoms with E-state index in [4.69, 9.17) is 10.6 Å². The third-order valence-electron chi connectivity index (χ3n) is 4.55. The van der Waals surface area contributed by atoms with Crippen LogP contribution >= 0.6 is 0 Å². The molecule has 0 unspecified atom stereocenters. The maximum atomic E-state index is 13.0. The number of nitrogens with two attached hydrogens (primary N) is 1. The van der Waals surface area contributed by atoms with E-state index in [9.17, 15) is 9.59 Å². The minimum absolute atomic E-state index is 0.0105. The number of para-hydroxylation sites is 1. The number of nitrogen functional groups attached to an aromatic ring is 1. The Morgan fingerprint density at radius 1 is 1.04 bits per heavy atom. The number of hydrogen-bond acceptors (Lipinski definition) is 4. The molecule has 7 heteroatoms. The van der Waals surface area contributed by atoms with Gasteiger partial charge in [-0.25, -0.2) is 10.6 Å². The lowest BCUT2D eigenvalue weighted by Crippen LogP contribution is -2.49. The normalized spacial score (nSPS) is 13.9. The summed E-state index contributed by atoms with van der Waals surface area (Å²) in [6.45, 7) is 2.89. The first kappa shape index (κ1) is 18.9. The van der Waals surface area contributed by atoms with E-state index in [-0.39, 0.29) is 11.9 Å². The molecular formula is C20H24N4O3. The number of hydrogen-bond donors (Lipinski definition) is 2. The zero-order chi connectivity index (χ0) is 19.1. The first-order chi connectivity index (χ1) is 13.2. The number of rotatable bonds is 5. The Labute approximate surface area is 158 Å². The predicted octanol–water partition coefficient (Wildman–Crippen LogP) is 1.79. The second-order valence-corrected chi connectivity index (χ2v) is 6.29. The standard InChI is InChI=1S/C20H24N4O3/c21-22-19(25)17-8-6-16(7-9-17)10-11-24(18-4-2-1-3-5-18)20(26)23-12-14-27-15-13-23/h1-9H,10-15,21H2,(H,22,25). The van der Waals surface area contributed by atoms with Crippen LogP contribution in [0.5, 0.6) is 0 Å². The van der Waals surface area contributed by atoms with E-state index in [1.54, 1.807) is 17.0 Å². The number of hydrazine groups is 1. The van der Waals surface area contributed by atoms with Crippen LogP contribution in [-0.2, 0) is 11.2 Å². The highest BCUT2D eigenvalue weighted by Gasteiger charge is 2.23. The maximum absolute atomic E-state index is 13.0. The number of carbonyl (C=O) groups excluding carboxylic acids is 2. The molecule has 1 fully saturated rings. The molecule has 1 heterocycles. The summed E-state index contributed by atoms with van der Waals surface area (Å²) < 4.78 is 5.35. The molecule has 0 aromatic heterocycles. The lowest BCUT2D eigenvalue weighted by atomic mass is 10.1. The molecule has 3 rings (SSSR count). The van der Waals surface area contributed by atoms with Crippen LogP contribution in [0.3, 0.4) is 0 Å². The fourth-order valence-electron chi connectivity index (χ4n) is 3.02. The molecule has 2 aromatic carbocycles. The number of nitrogens with zero attached hydrogens (tertiary/aromatic N) is 2. The third-order valence-corrected chi connectivity index (χ3v) is 4.55. The van der Waals surface area contributed by atoms with E-state index in [0.717, 1.165) is 11.3 Å². The van der Waals surface area contributed by atoms with Crippen molar-refractivity contribution in [3.8, 4) is 0 Å². The second-order valence-electron chi connectivity index (χ2n) is 6.29. The largest absolute Gasteiger partial charge is 0.378 e. The van der Waals surface area contributed by atoms with E-state index < -0.39 is 0 Å². The van der Waals surface area contributed by atoms with Gasteiger partial charge in [-0.3, -0.25) is 15.1 Å². The van der Waals surface area contributed by atoms with Crippen molar-refractivity contribution in [3.05, 3.63) is 65.7 Å². The van der Waals surface area contributed by atoms with Crippen molar-refractivity contribution >= 4 is 17.6 Å². The fraction of sp³-hybridized carbons (Fsp3) is 0.300. The van der Waals surface area contributed by atoms with Crippen molar-refractivity contribution in [1.82, 2.24) is 10.3 Å². The van der Waals surface area contributed by atoms with Crippen LogP contribution < -0.4 is 16.2 Å². The smallest absolute Gasteiger partial charge is 0.324 e. The molecule has 3 N–H and O–H groups in total. The van der Waals surface area contributed by atoms with E-state index in [1.165, 1.54) is 0 Å². The highest BCUT2D eigenvalue weighted by Crippen LogP contribution is 2.17. The molecular weight excluding hydrogens is 344 g/mol. The van der Waals surface area contributed by atoms with Crippen molar-refractivity contribution in [2.45, 2.75) is 6.42 Å². The lowest BCUT2D eigenvalue weighted by molar-refractivity contribution is 0.0549. The van der Waals surface area contributed by atoms with Crippen LogP contribution in [0.4, 0.5) is 10.5 Å². The van der Waals surface area contributed by atoms with E-state index in [2.05, 4.69) is 5.43 Å². The summed E-state index contributed by atoms with van der Waals surface area (Å²) in [5, 5.41) is 0. The van der Waals surface area contributed by atoms with Crippen molar-refractivity contribution in [3.63, 3.8) is 0 Å². The minimum Gasteiger partial charge on any atom is -0.378 e. The first-order valence-corrected chi connectivity index (χ1v) is 8.98. The SMILES string of the molecule is NNC(=O)c1ccc(CCN(C(=O)N2CCOCC2)c2ccccc2)cc1. The molecule has 0 spiro atoms. The number of nitrogens with one attached hydrogen (secondary N) is 1. The molecule has 0 atom stereocenters. The maximum Gasteiger partial charge on any atom is 0.324 e. The summed E-state index contributed by atoms with van der Waals surface area (Å²) in [6, 6.07) is 16.9. The average molecular weight is 368 g/mol. The number of ether oxygens (including phenoxy) is 1. The van der Waals surface area contributed by atoms with Gasteiger partial charge in [0, 0.05) is 30.9 Å². The van der Waals surface area contributed by atoms with Crippen molar-refractivity contribution in [2.75, 3.05) is 37.7 Å². The highest BCUT2D eigenvalue weighted by atomic mass is 16.5. The summed E-state index contributed by atoms with van der Waals surface area (Å²) in [7, 11) is 0. The summed E-state index contributed by atoms with van der Waals surface area (Å²) in [6.07, 6.45) is 0.676. The van der Waals surface area contributed by atoms with Gasteiger partial charge in [-0.2, -0.15) is 0 Å². The van der Waals surface area contributed by atoms with E-state index >= 15 is 0 Å². The number of anilines is 1. The van der Waals surface area contributed by atoms with Gasteiger partial charge in [-0.15, -0.1) is 0 Å². The average Bonchev–Trinajstić information content (AvgIpc) is 2.75. The van der Waals surface area contributed by atoms with Crippen LogP contribution in [0, 0.1) is 0 Å². The van der Waals surface area contributed by atoms with E-state index in [1.807, 2.05) is 47.4 Å². The molecule has 142 valence electrons. The van der Waals surface area contributed by atoms with E-state index in [0.29, 0.717) is 44.8 Å². The zero-order valence-electron chi connectivity index (χ0n) is 15.1. The molecule has 0 saturated carbocycles. The Hall–Kier alpha value is -2.90. The van der Waals surface area contributed by atoms with Gasteiger partial charge in [0.15, 0.2) is 0 Å². The summed E-state index contributed by atoms with van der Waals surface area (Å²) in [4.78, 5) is 28.2. The number of benzene rings is 2. The van der Waals surface area contributed by atoms with Gasteiger partial charge in [-0.1, -0.05) is 30.3 Å². The first-order valence-electron chi connectivity index (χ1n) is 8.98. The lowest BCUT2D eigenvalue weighted by Gasteiger charge is -2.33. The van der Waals surface area contributed by atoms with Crippen LogP contribution in [0.25, 0.3) is 0 Å². The van der Waals surface area contributed by atoms with Gasteiger partial charge in [0.25, 0.3) is 5.91 Å². The zero-order valence-corrected chi connectivity index (χ0v) is 15.1. The Balaban J connectivity index is 1.71. The fourth-order valence-corrected chi connectivity index (χ4v) is 3.02. The number of carbonyl (C=O) groups is 2. The van der Waals surface area contributed by atoms with Crippen LogP contribution in [0.15, 0.2) is 54.6 Å². The monoisotopic (exact) mass is 368 g/mol. The highest BCUT2D eigenvalue weighted by molar-refractivity contribution is 5.94. The summed E-state index contributed by atoms with van der Waals surface area (Å²) >= 11 is 0. The summed E-state index contributed by atoms with van der Waals surface area (Å²) in [5.41, 5.74) is 4.53. The Morgan fingerprint density at radius 2 is 1.70 bits per heavy atom. The Morgan fingerprint density at radius 3 is 2.33 bits per heavy atom. The molecule has 3 amide bonds. The topological polar surface area (TPSA) is 87.9 Å². The minimum atomic E-state index is -0.324. The summed E-state index contributed by atoms with van der Waals surface area (Å²) in [5.74, 6) is 4.83. The molecule has 1 saturated heterocycles. The van der Waals surface area contributed by atoms with Crippen LogP contribution in [0.1, 0.15) is 15.9 Å². The van der Waals surface area contributed by atoms with Crippen LogP contribution in [-0.4, -0.2) is 49.7 Å². The quantitative estimate of drug-likeness (QED) is 0.478. The molecule has 2 aromatic rings. The molecule has 1 aliphatic rings. The van der Waals surface area contributed by atoms with Gasteiger partial charge in [0.2, 0.25) is 0 Å². The molecule has 27 heavy (non-hydrogen) atoms. The van der Waals surface area contributed by atoms with Gasteiger partial charge >= 0.3 is 6.03 Å². The molecule has 0 radical (unpaired) electrons.